The Kier molecular flexibility index (Phi) is 3.32. The monoisotopic (exact) mass is 222 g/mol. The zero-order valence-corrected chi connectivity index (χ0v) is 7.92. The standard InChI is InChI=1S/C11H5F3N2/c12-11(13,14)10-3-1-2-8(5-10)4-9(6-15)7-16/h1-5H. The molecule has 0 amide bonds. The quantitative estimate of drug-likeness (QED) is 0.685. The fourth-order valence-corrected chi connectivity index (χ4v) is 1.06. The summed E-state index contributed by atoms with van der Waals surface area (Å²) in [4.78, 5) is 0. The van der Waals surface area contributed by atoms with Gasteiger partial charge in [0.1, 0.15) is 17.7 Å². The lowest BCUT2D eigenvalue weighted by Gasteiger charge is -2.06. The van der Waals surface area contributed by atoms with Crippen LogP contribution in [0.3, 0.4) is 0 Å². The molecule has 1 rings (SSSR count). The Morgan fingerprint density at radius 1 is 1.19 bits per heavy atom. The summed E-state index contributed by atoms with van der Waals surface area (Å²) in [6.45, 7) is 0. The molecular formula is C11H5F3N2. The van der Waals surface area contributed by atoms with E-state index in [4.69, 9.17) is 10.5 Å². The summed E-state index contributed by atoms with van der Waals surface area (Å²) in [6, 6.07) is 7.58. The average Bonchev–Trinajstić information content (AvgIpc) is 2.25. The third-order valence-corrected chi connectivity index (χ3v) is 1.77. The Hall–Kier alpha value is -2.27. The van der Waals surface area contributed by atoms with Gasteiger partial charge in [-0.05, 0) is 23.8 Å². The molecule has 80 valence electrons. The molecule has 0 aliphatic rings. The normalized spacial score (nSPS) is 10.1. The third kappa shape index (κ3) is 2.86. The number of rotatable bonds is 1. The molecule has 2 nitrogen and oxygen atoms in total. The molecule has 0 heterocycles. The number of nitrogens with zero attached hydrogens (tertiary/aromatic N) is 2. The van der Waals surface area contributed by atoms with E-state index in [1.165, 1.54) is 12.1 Å². The van der Waals surface area contributed by atoms with Gasteiger partial charge in [-0.15, -0.1) is 0 Å². The van der Waals surface area contributed by atoms with Crippen LogP contribution < -0.4 is 0 Å². The van der Waals surface area contributed by atoms with Crippen LogP contribution in [0.5, 0.6) is 0 Å². The molecule has 0 aromatic heterocycles. The van der Waals surface area contributed by atoms with E-state index >= 15 is 0 Å². The highest BCUT2D eigenvalue weighted by Crippen LogP contribution is 2.29. The van der Waals surface area contributed by atoms with E-state index in [-0.39, 0.29) is 11.1 Å². The molecule has 16 heavy (non-hydrogen) atoms. The molecule has 0 spiro atoms. The number of hydrogen-bond donors (Lipinski definition) is 0. The maximum atomic E-state index is 12.3. The molecule has 0 fully saturated rings. The van der Waals surface area contributed by atoms with Gasteiger partial charge < -0.3 is 0 Å². The van der Waals surface area contributed by atoms with Crippen LogP contribution in [0.1, 0.15) is 11.1 Å². The minimum atomic E-state index is -4.43. The Balaban J connectivity index is 3.16. The minimum Gasteiger partial charge on any atom is -0.192 e. The number of alkyl halides is 3. The summed E-state index contributed by atoms with van der Waals surface area (Å²) in [5.74, 6) is 0. The molecule has 0 aliphatic heterocycles. The number of allylic oxidation sites excluding steroid dienone is 1. The van der Waals surface area contributed by atoms with Gasteiger partial charge in [0.25, 0.3) is 0 Å². The average molecular weight is 222 g/mol. The lowest BCUT2D eigenvalue weighted by molar-refractivity contribution is -0.137. The van der Waals surface area contributed by atoms with E-state index in [9.17, 15) is 13.2 Å². The summed E-state index contributed by atoms with van der Waals surface area (Å²) in [5, 5.41) is 16.9. The first-order chi connectivity index (χ1) is 7.47. The lowest BCUT2D eigenvalue weighted by Crippen LogP contribution is -2.04. The zero-order valence-electron chi connectivity index (χ0n) is 7.92. The number of benzene rings is 1. The fraction of sp³-hybridized carbons (Fsp3) is 0.0909. The van der Waals surface area contributed by atoms with E-state index in [0.29, 0.717) is 0 Å². The lowest BCUT2D eigenvalue weighted by atomic mass is 10.1. The maximum Gasteiger partial charge on any atom is 0.416 e. The molecule has 1 aromatic carbocycles. The first kappa shape index (κ1) is 11.8. The van der Waals surface area contributed by atoms with Gasteiger partial charge in [0.2, 0.25) is 0 Å². The summed E-state index contributed by atoms with van der Waals surface area (Å²) >= 11 is 0. The van der Waals surface area contributed by atoms with Crippen molar-refractivity contribution in [1.82, 2.24) is 0 Å². The van der Waals surface area contributed by atoms with Gasteiger partial charge >= 0.3 is 6.18 Å². The van der Waals surface area contributed by atoms with Gasteiger partial charge in [-0.3, -0.25) is 0 Å². The molecule has 0 unspecified atom stereocenters. The van der Waals surface area contributed by atoms with Crippen LogP contribution >= 0.6 is 0 Å². The topological polar surface area (TPSA) is 47.6 Å². The molecule has 0 saturated carbocycles. The molecule has 5 heteroatoms. The van der Waals surface area contributed by atoms with E-state index in [1.807, 2.05) is 0 Å². The van der Waals surface area contributed by atoms with Crippen molar-refractivity contribution in [2.45, 2.75) is 6.18 Å². The third-order valence-electron chi connectivity index (χ3n) is 1.77. The van der Waals surface area contributed by atoms with Crippen LogP contribution in [0, 0.1) is 22.7 Å². The number of halogens is 3. The first-order valence-electron chi connectivity index (χ1n) is 4.16. The van der Waals surface area contributed by atoms with Crippen LogP contribution in [0.2, 0.25) is 0 Å². The van der Waals surface area contributed by atoms with Gasteiger partial charge in [-0.25, -0.2) is 0 Å². The van der Waals surface area contributed by atoms with Gasteiger partial charge in [0.15, 0.2) is 0 Å². The molecular weight excluding hydrogens is 217 g/mol. The van der Waals surface area contributed by atoms with Gasteiger partial charge in [-0.2, -0.15) is 23.7 Å². The van der Waals surface area contributed by atoms with E-state index < -0.39 is 11.7 Å². The Morgan fingerprint density at radius 3 is 2.31 bits per heavy atom. The molecule has 0 aliphatic carbocycles. The Morgan fingerprint density at radius 2 is 1.81 bits per heavy atom. The largest absolute Gasteiger partial charge is 0.416 e. The van der Waals surface area contributed by atoms with Crippen LogP contribution in [0.4, 0.5) is 13.2 Å². The summed E-state index contributed by atoms with van der Waals surface area (Å²) in [7, 11) is 0. The highest BCUT2D eigenvalue weighted by molar-refractivity contribution is 5.62. The van der Waals surface area contributed by atoms with Gasteiger partial charge in [0.05, 0.1) is 5.56 Å². The number of nitriles is 2. The SMILES string of the molecule is N#CC(C#N)=Cc1cccc(C(F)(F)F)c1. The maximum absolute atomic E-state index is 12.3. The van der Waals surface area contributed by atoms with Crippen molar-refractivity contribution in [2.75, 3.05) is 0 Å². The summed E-state index contributed by atoms with van der Waals surface area (Å²) in [6.07, 6.45) is -3.32. The van der Waals surface area contributed by atoms with Crippen LogP contribution in [0.15, 0.2) is 29.8 Å². The van der Waals surface area contributed by atoms with Crippen molar-refractivity contribution in [2.24, 2.45) is 0 Å². The molecule has 0 bridgehead atoms. The Labute approximate surface area is 89.8 Å². The fourth-order valence-electron chi connectivity index (χ4n) is 1.06. The van der Waals surface area contributed by atoms with Crippen molar-refractivity contribution in [3.63, 3.8) is 0 Å². The van der Waals surface area contributed by atoms with E-state index in [1.54, 1.807) is 12.1 Å². The molecule has 1 aromatic rings. The smallest absolute Gasteiger partial charge is 0.192 e. The van der Waals surface area contributed by atoms with Crippen molar-refractivity contribution < 1.29 is 13.2 Å². The van der Waals surface area contributed by atoms with Crippen LogP contribution in [0.25, 0.3) is 6.08 Å². The second-order valence-corrected chi connectivity index (χ2v) is 2.90. The van der Waals surface area contributed by atoms with Crippen LogP contribution in [-0.4, -0.2) is 0 Å². The highest BCUT2D eigenvalue weighted by atomic mass is 19.4. The number of hydrogen-bond acceptors (Lipinski definition) is 2. The second kappa shape index (κ2) is 4.50. The van der Waals surface area contributed by atoms with Crippen molar-refractivity contribution >= 4 is 6.08 Å². The predicted octanol–water partition coefficient (Wildman–Crippen LogP) is 3.14. The summed E-state index contributed by atoms with van der Waals surface area (Å²) < 4.78 is 37.0. The van der Waals surface area contributed by atoms with Crippen LogP contribution in [-0.2, 0) is 6.18 Å². The molecule has 0 atom stereocenters. The highest BCUT2D eigenvalue weighted by Gasteiger charge is 2.30. The predicted molar refractivity (Wildman–Crippen MR) is 50.6 cm³/mol. The van der Waals surface area contributed by atoms with Crippen molar-refractivity contribution in [3.8, 4) is 12.1 Å². The molecule has 0 radical (unpaired) electrons. The van der Waals surface area contributed by atoms with Crippen molar-refractivity contribution in [3.05, 3.63) is 41.0 Å². The van der Waals surface area contributed by atoms with Gasteiger partial charge in [0, 0.05) is 0 Å². The second-order valence-electron chi connectivity index (χ2n) is 2.90. The first-order valence-corrected chi connectivity index (χ1v) is 4.16. The molecule has 0 N–H and O–H groups in total. The summed E-state index contributed by atoms with van der Waals surface area (Å²) in [5.41, 5.74) is -0.872. The minimum absolute atomic E-state index is 0.174. The van der Waals surface area contributed by atoms with Gasteiger partial charge in [-0.1, -0.05) is 12.1 Å². The Bertz CT molecular complexity index is 485. The van der Waals surface area contributed by atoms with E-state index in [0.717, 1.165) is 18.2 Å². The zero-order chi connectivity index (χ0) is 12.2. The van der Waals surface area contributed by atoms with E-state index in [2.05, 4.69) is 0 Å². The molecule has 0 saturated heterocycles. The van der Waals surface area contributed by atoms with Crippen molar-refractivity contribution in [1.29, 1.82) is 10.5 Å².